The van der Waals surface area contributed by atoms with Crippen molar-refractivity contribution in [1.82, 2.24) is 9.88 Å². The highest BCUT2D eigenvalue weighted by Gasteiger charge is 2.25. The number of carbonyl (C=O) groups excluding carboxylic acids is 1. The van der Waals surface area contributed by atoms with Crippen molar-refractivity contribution < 1.29 is 4.79 Å². The van der Waals surface area contributed by atoms with Crippen molar-refractivity contribution in [3.63, 3.8) is 0 Å². The van der Waals surface area contributed by atoms with Crippen molar-refractivity contribution in [2.24, 2.45) is 0 Å². The first-order valence-corrected chi connectivity index (χ1v) is 8.88. The van der Waals surface area contributed by atoms with Crippen LogP contribution < -0.4 is 0 Å². The Balaban J connectivity index is 2.45. The van der Waals surface area contributed by atoms with Crippen molar-refractivity contribution in [2.45, 2.75) is 13.0 Å². The van der Waals surface area contributed by atoms with Gasteiger partial charge in [0.15, 0.2) is 0 Å². The van der Waals surface area contributed by atoms with E-state index in [-0.39, 0.29) is 11.9 Å². The van der Waals surface area contributed by atoms with Gasteiger partial charge in [0.2, 0.25) is 5.91 Å². The minimum absolute atomic E-state index is 0.124. The molecule has 1 atom stereocenters. The summed E-state index contributed by atoms with van der Waals surface area (Å²) in [7, 11) is 0. The van der Waals surface area contributed by atoms with E-state index >= 15 is 0 Å². The summed E-state index contributed by atoms with van der Waals surface area (Å²) < 4.78 is 0. The van der Waals surface area contributed by atoms with E-state index in [2.05, 4.69) is 4.98 Å². The second kappa shape index (κ2) is 8.20. The number of benzene rings is 1. The Morgan fingerprint density at radius 3 is 2.55 bits per heavy atom. The Kier molecular flexibility index (Phi) is 6.28. The number of hydrogen-bond donors (Lipinski definition) is 0. The van der Waals surface area contributed by atoms with Crippen molar-refractivity contribution >= 4 is 29.3 Å². The molecule has 0 aliphatic carbocycles. The molecule has 0 aliphatic heterocycles. The van der Waals surface area contributed by atoms with E-state index < -0.39 is 0 Å². The maximum absolute atomic E-state index is 12.5. The highest BCUT2D eigenvalue weighted by atomic mass is 35.5. The summed E-state index contributed by atoms with van der Waals surface area (Å²) in [5, 5.41) is 0.687. The van der Waals surface area contributed by atoms with Crippen molar-refractivity contribution in [1.29, 1.82) is 0 Å². The third-order valence-electron chi connectivity index (χ3n) is 3.43. The molecule has 0 aliphatic rings. The second-order valence-corrected chi connectivity index (χ2v) is 6.16. The lowest BCUT2D eigenvalue weighted by Gasteiger charge is -2.31. The van der Waals surface area contributed by atoms with Crippen molar-refractivity contribution in [3.8, 4) is 0 Å². The molecule has 116 valence electrons. The van der Waals surface area contributed by atoms with Gasteiger partial charge in [-0.3, -0.25) is 9.78 Å². The molecule has 0 N–H and O–H groups in total. The minimum atomic E-state index is -0.143. The van der Waals surface area contributed by atoms with Gasteiger partial charge in [-0.05, 0) is 42.5 Å². The van der Waals surface area contributed by atoms with Crippen LogP contribution in [0.25, 0.3) is 0 Å². The first-order chi connectivity index (χ1) is 10.7. The van der Waals surface area contributed by atoms with Crippen LogP contribution in [0.15, 0.2) is 48.8 Å². The summed E-state index contributed by atoms with van der Waals surface area (Å²) in [4.78, 5) is 18.6. The molecule has 0 spiro atoms. The molecule has 1 amide bonds. The van der Waals surface area contributed by atoms with E-state index in [1.54, 1.807) is 6.20 Å². The summed E-state index contributed by atoms with van der Waals surface area (Å²) in [5.74, 6) is 0.594. The average molecular weight is 335 g/mol. The van der Waals surface area contributed by atoms with Crippen LogP contribution in [-0.2, 0) is 4.79 Å². The Hall–Kier alpha value is -1.52. The zero-order valence-electron chi connectivity index (χ0n) is 12.7. The Bertz CT molecular complexity index is 604. The number of aromatic nitrogens is 1. The van der Waals surface area contributed by atoms with Crippen LogP contribution in [0.4, 0.5) is 0 Å². The van der Waals surface area contributed by atoms with Crippen molar-refractivity contribution in [2.75, 3.05) is 18.6 Å². The molecule has 0 saturated carbocycles. The van der Waals surface area contributed by atoms with Gasteiger partial charge in [0.05, 0.1) is 11.8 Å². The number of rotatable bonds is 6. The summed E-state index contributed by atoms with van der Waals surface area (Å²) >= 11 is 7.53. The molecule has 1 aromatic carbocycles. The van der Waals surface area contributed by atoms with Crippen LogP contribution in [0.5, 0.6) is 0 Å². The maximum Gasteiger partial charge on any atom is 0.233 e. The lowest BCUT2D eigenvalue weighted by atomic mass is 9.98. The number of nitrogens with zero attached hydrogens (tertiary/aromatic N) is 2. The van der Waals surface area contributed by atoms with Crippen LogP contribution in [0.2, 0.25) is 5.02 Å². The lowest BCUT2D eigenvalue weighted by Crippen LogP contribution is -2.36. The zero-order valence-corrected chi connectivity index (χ0v) is 14.3. The van der Waals surface area contributed by atoms with Crippen LogP contribution in [0.1, 0.15) is 24.1 Å². The molecule has 0 bridgehead atoms. The molecule has 1 heterocycles. The number of carbonyl (C=O) groups is 1. The van der Waals surface area contributed by atoms with E-state index in [9.17, 15) is 4.79 Å². The van der Waals surface area contributed by atoms with E-state index in [0.717, 1.165) is 11.1 Å². The number of amides is 1. The van der Waals surface area contributed by atoms with Crippen LogP contribution in [0.3, 0.4) is 0 Å². The third kappa shape index (κ3) is 4.02. The monoisotopic (exact) mass is 334 g/mol. The number of hydrogen-bond acceptors (Lipinski definition) is 3. The number of halogens is 1. The average Bonchev–Trinajstić information content (AvgIpc) is 2.54. The summed E-state index contributed by atoms with van der Waals surface area (Å²) in [6.07, 6.45) is 5.49. The first kappa shape index (κ1) is 16.8. The minimum Gasteiger partial charge on any atom is -0.331 e. The molecule has 0 radical (unpaired) electrons. The molecule has 1 aromatic heterocycles. The fourth-order valence-corrected chi connectivity index (χ4v) is 2.98. The van der Waals surface area contributed by atoms with E-state index in [1.165, 1.54) is 11.8 Å². The number of thioether (sulfide) groups is 1. The molecular weight excluding hydrogens is 316 g/mol. The van der Waals surface area contributed by atoms with Gasteiger partial charge < -0.3 is 4.90 Å². The third-order valence-corrected chi connectivity index (χ3v) is 4.21. The molecule has 0 fully saturated rings. The predicted molar refractivity (Wildman–Crippen MR) is 93.3 cm³/mol. The molecule has 5 heteroatoms. The van der Waals surface area contributed by atoms with Gasteiger partial charge in [-0.15, -0.1) is 0 Å². The van der Waals surface area contributed by atoms with Crippen molar-refractivity contribution in [3.05, 3.63) is 64.9 Å². The smallest absolute Gasteiger partial charge is 0.233 e. The fourth-order valence-electron chi connectivity index (χ4n) is 2.44. The Morgan fingerprint density at radius 2 is 2.00 bits per heavy atom. The van der Waals surface area contributed by atoms with Gasteiger partial charge in [0, 0.05) is 24.0 Å². The standard InChI is InChI=1S/C17H19ClN2OS/c1-3-20(16(21)12-22-2)17(14-5-4-10-19-11-14)13-6-8-15(18)9-7-13/h4-11,17H,3,12H2,1-2H3/t17-/m1/s1. The van der Waals surface area contributed by atoms with E-state index in [0.29, 0.717) is 17.3 Å². The van der Waals surface area contributed by atoms with Gasteiger partial charge >= 0.3 is 0 Å². The quantitative estimate of drug-likeness (QED) is 0.799. The number of pyridine rings is 1. The molecular formula is C17H19ClN2OS. The summed E-state index contributed by atoms with van der Waals surface area (Å²) in [6.45, 7) is 2.64. The Morgan fingerprint density at radius 1 is 1.27 bits per heavy atom. The molecule has 2 rings (SSSR count). The van der Waals surface area contributed by atoms with Gasteiger partial charge in [0.25, 0.3) is 0 Å². The SMILES string of the molecule is CCN(C(=O)CSC)[C@H](c1ccc(Cl)cc1)c1cccnc1. The summed E-state index contributed by atoms with van der Waals surface area (Å²) in [6, 6.07) is 11.4. The second-order valence-electron chi connectivity index (χ2n) is 4.85. The zero-order chi connectivity index (χ0) is 15.9. The highest BCUT2D eigenvalue weighted by molar-refractivity contribution is 7.99. The van der Waals surface area contributed by atoms with Gasteiger partial charge in [-0.25, -0.2) is 0 Å². The molecule has 0 saturated heterocycles. The Labute approximate surface area is 140 Å². The normalized spacial score (nSPS) is 12.0. The van der Waals surface area contributed by atoms with Gasteiger partial charge in [0.1, 0.15) is 0 Å². The highest BCUT2D eigenvalue weighted by Crippen LogP contribution is 2.29. The van der Waals surface area contributed by atoms with E-state index in [1.807, 2.05) is 60.7 Å². The largest absolute Gasteiger partial charge is 0.331 e. The molecule has 0 unspecified atom stereocenters. The maximum atomic E-state index is 12.5. The lowest BCUT2D eigenvalue weighted by molar-refractivity contribution is -0.129. The molecule has 2 aromatic rings. The van der Waals surface area contributed by atoms with Gasteiger partial charge in [-0.2, -0.15) is 11.8 Å². The van der Waals surface area contributed by atoms with Crippen LogP contribution in [-0.4, -0.2) is 34.3 Å². The fraction of sp³-hybridized carbons (Fsp3) is 0.294. The molecule has 22 heavy (non-hydrogen) atoms. The topological polar surface area (TPSA) is 33.2 Å². The van der Waals surface area contributed by atoms with Gasteiger partial charge in [-0.1, -0.05) is 29.8 Å². The van der Waals surface area contributed by atoms with Crippen LogP contribution in [0, 0.1) is 0 Å². The van der Waals surface area contributed by atoms with Crippen LogP contribution >= 0.6 is 23.4 Å². The summed E-state index contributed by atoms with van der Waals surface area (Å²) in [5.41, 5.74) is 2.04. The predicted octanol–water partition coefficient (Wildman–Crippen LogP) is 4.04. The van der Waals surface area contributed by atoms with E-state index in [4.69, 9.17) is 11.6 Å². The first-order valence-electron chi connectivity index (χ1n) is 7.11. The molecule has 3 nitrogen and oxygen atoms in total.